The predicted octanol–water partition coefficient (Wildman–Crippen LogP) is 1.80. The Kier molecular flexibility index (Phi) is 5.47. The number of aliphatic imine (C=N–C) groups is 1. The molecular formula is C11H23N3S. The molecule has 0 saturated carbocycles. The third-order valence-corrected chi connectivity index (χ3v) is 3.45. The lowest BCUT2D eigenvalue weighted by molar-refractivity contribution is 0.403. The Morgan fingerprint density at radius 1 is 1.47 bits per heavy atom. The Morgan fingerprint density at radius 3 is 2.80 bits per heavy atom. The molecule has 1 fully saturated rings. The monoisotopic (exact) mass is 229 g/mol. The number of rotatable bonds is 4. The Balaban J connectivity index is 2.26. The predicted molar refractivity (Wildman–Crippen MR) is 69.7 cm³/mol. The molecule has 0 aromatic heterocycles. The van der Waals surface area contributed by atoms with Crippen molar-refractivity contribution in [1.82, 2.24) is 10.2 Å². The summed E-state index contributed by atoms with van der Waals surface area (Å²) in [5.41, 5.74) is 0. The van der Waals surface area contributed by atoms with E-state index in [2.05, 4.69) is 43.2 Å². The summed E-state index contributed by atoms with van der Waals surface area (Å²) >= 11 is 1.87. The highest BCUT2D eigenvalue weighted by atomic mass is 32.2. The van der Waals surface area contributed by atoms with Crippen LogP contribution in [0.2, 0.25) is 0 Å². The van der Waals surface area contributed by atoms with Crippen LogP contribution in [0.5, 0.6) is 0 Å². The molecule has 2 atom stereocenters. The molecule has 0 aliphatic carbocycles. The van der Waals surface area contributed by atoms with Crippen LogP contribution in [0.15, 0.2) is 4.99 Å². The maximum absolute atomic E-state index is 4.60. The fraction of sp³-hybridized carbons (Fsp3) is 0.909. The second-order valence-electron chi connectivity index (χ2n) is 4.55. The van der Waals surface area contributed by atoms with Crippen molar-refractivity contribution in [3.8, 4) is 0 Å². The first-order valence-corrected chi connectivity index (χ1v) is 6.58. The summed E-state index contributed by atoms with van der Waals surface area (Å²) in [6.07, 6.45) is 2.38. The van der Waals surface area contributed by atoms with Gasteiger partial charge >= 0.3 is 0 Å². The van der Waals surface area contributed by atoms with Gasteiger partial charge in [-0.3, -0.25) is 4.99 Å². The maximum Gasteiger partial charge on any atom is 0.157 e. The van der Waals surface area contributed by atoms with E-state index < -0.39 is 0 Å². The Labute approximate surface area is 97.7 Å². The van der Waals surface area contributed by atoms with Gasteiger partial charge in [0.05, 0.1) is 0 Å². The first-order valence-electron chi connectivity index (χ1n) is 5.70. The van der Waals surface area contributed by atoms with Crippen LogP contribution in [0, 0.1) is 0 Å². The summed E-state index contributed by atoms with van der Waals surface area (Å²) in [6, 6.07) is 0.578. The van der Waals surface area contributed by atoms with E-state index in [1.54, 1.807) is 0 Å². The molecule has 1 aliphatic heterocycles. The van der Waals surface area contributed by atoms with Crippen molar-refractivity contribution in [2.75, 3.05) is 27.2 Å². The van der Waals surface area contributed by atoms with E-state index in [0.717, 1.165) is 24.7 Å². The van der Waals surface area contributed by atoms with Crippen LogP contribution < -0.4 is 5.32 Å². The van der Waals surface area contributed by atoms with E-state index in [4.69, 9.17) is 0 Å². The zero-order valence-corrected chi connectivity index (χ0v) is 11.1. The molecule has 0 bridgehead atoms. The summed E-state index contributed by atoms with van der Waals surface area (Å²) < 4.78 is 0. The van der Waals surface area contributed by atoms with Gasteiger partial charge in [-0.15, -0.1) is 0 Å². The zero-order valence-electron chi connectivity index (χ0n) is 10.3. The number of thioether (sulfide) groups is 1. The molecule has 15 heavy (non-hydrogen) atoms. The molecule has 0 spiro atoms. The van der Waals surface area contributed by atoms with Gasteiger partial charge < -0.3 is 10.2 Å². The van der Waals surface area contributed by atoms with Crippen molar-refractivity contribution in [2.24, 2.45) is 4.99 Å². The van der Waals surface area contributed by atoms with Gasteiger partial charge in [-0.2, -0.15) is 0 Å². The largest absolute Gasteiger partial charge is 0.362 e. The zero-order chi connectivity index (χ0) is 11.3. The fourth-order valence-corrected chi connectivity index (χ4v) is 2.89. The van der Waals surface area contributed by atoms with E-state index in [0.29, 0.717) is 11.3 Å². The van der Waals surface area contributed by atoms with Gasteiger partial charge in [0.1, 0.15) is 0 Å². The van der Waals surface area contributed by atoms with Gasteiger partial charge in [0.2, 0.25) is 0 Å². The average molecular weight is 229 g/mol. The molecule has 0 amide bonds. The molecule has 2 unspecified atom stereocenters. The highest BCUT2D eigenvalue weighted by Gasteiger charge is 2.19. The number of nitrogens with zero attached hydrogens (tertiary/aromatic N) is 2. The van der Waals surface area contributed by atoms with Gasteiger partial charge in [-0.25, -0.2) is 0 Å². The molecule has 1 N–H and O–H groups in total. The van der Waals surface area contributed by atoms with Gasteiger partial charge in [0, 0.05) is 17.8 Å². The first-order chi connectivity index (χ1) is 7.08. The van der Waals surface area contributed by atoms with Crippen molar-refractivity contribution in [1.29, 1.82) is 0 Å². The summed E-state index contributed by atoms with van der Waals surface area (Å²) in [5.74, 6) is 0. The van der Waals surface area contributed by atoms with E-state index in [1.807, 2.05) is 11.8 Å². The smallest absolute Gasteiger partial charge is 0.157 e. The first kappa shape index (κ1) is 12.8. The van der Waals surface area contributed by atoms with E-state index in [-0.39, 0.29) is 0 Å². The lowest BCUT2D eigenvalue weighted by Gasteiger charge is -2.26. The minimum atomic E-state index is 0.578. The lowest BCUT2D eigenvalue weighted by Crippen LogP contribution is -2.38. The van der Waals surface area contributed by atoms with Crippen LogP contribution in [0.25, 0.3) is 0 Å². The van der Waals surface area contributed by atoms with Crippen molar-refractivity contribution >= 4 is 16.9 Å². The van der Waals surface area contributed by atoms with Crippen LogP contribution >= 0.6 is 11.8 Å². The van der Waals surface area contributed by atoms with Crippen LogP contribution in [0.4, 0.5) is 0 Å². The second-order valence-corrected chi connectivity index (χ2v) is 5.98. The van der Waals surface area contributed by atoms with Gasteiger partial charge in [0.25, 0.3) is 0 Å². The summed E-state index contributed by atoms with van der Waals surface area (Å²) in [7, 11) is 4.20. The minimum absolute atomic E-state index is 0.578. The molecule has 0 aromatic rings. The maximum atomic E-state index is 4.60. The molecule has 1 rings (SSSR count). The normalized spacial score (nSPS) is 29.5. The molecule has 88 valence electrons. The Morgan fingerprint density at radius 2 is 2.20 bits per heavy atom. The van der Waals surface area contributed by atoms with Gasteiger partial charge in [-0.05, 0) is 40.4 Å². The molecule has 0 radical (unpaired) electrons. The van der Waals surface area contributed by atoms with E-state index >= 15 is 0 Å². The van der Waals surface area contributed by atoms with Crippen LogP contribution in [0.3, 0.4) is 0 Å². The highest BCUT2D eigenvalue weighted by molar-refractivity contribution is 8.14. The molecular weight excluding hydrogens is 206 g/mol. The topological polar surface area (TPSA) is 27.6 Å². The quantitative estimate of drug-likeness (QED) is 0.745. The van der Waals surface area contributed by atoms with Crippen molar-refractivity contribution in [3.05, 3.63) is 0 Å². The van der Waals surface area contributed by atoms with Crippen LogP contribution in [0.1, 0.15) is 26.7 Å². The second kappa shape index (κ2) is 6.38. The van der Waals surface area contributed by atoms with E-state index in [1.165, 1.54) is 6.42 Å². The third kappa shape index (κ3) is 5.42. The van der Waals surface area contributed by atoms with E-state index in [9.17, 15) is 0 Å². The lowest BCUT2D eigenvalue weighted by atomic mass is 10.2. The number of nitrogens with one attached hydrogen (secondary N) is 1. The highest BCUT2D eigenvalue weighted by Crippen LogP contribution is 2.22. The molecule has 4 heteroatoms. The molecule has 1 aliphatic rings. The van der Waals surface area contributed by atoms with Crippen LogP contribution in [-0.4, -0.2) is 48.5 Å². The third-order valence-electron chi connectivity index (χ3n) is 2.39. The summed E-state index contributed by atoms with van der Waals surface area (Å²) in [4.78, 5) is 6.80. The van der Waals surface area contributed by atoms with Crippen molar-refractivity contribution in [3.63, 3.8) is 0 Å². The Bertz CT molecular complexity index is 204. The van der Waals surface area contributed by atoms with Gasteiger partial charge in [0.15, 0.2) is 5.17 Å². The van der Waals surface area contributed by atoms with Crippen LogP contribution in [-0.2, 0) is 0 Å². The summed E-state index contributed by atoms with van der Waals surface area (Å²) in [5, 5.41) is 5.28. The number of amidine groups is 1. The molecule has 1 heterocycles. The number of hydrogen-bond donors (Lipinski definition) is 1. The van der Waals surface area contributed by atoms with Crippen molar-refractivity contribution < 1.29 is 0 Å². The fourth-order valence-electron chi connectivity index (χ4n) is 1.69. The minimum Gasteiger partial charge on any atom is -0.362 e. The number of hydrogen-bond acceptors (Lipinski definition) is 3. The molecule has 3 nitrogen and oxygen atoms in total. The molecule has 0 aromatic carbocycles. The standard InChI is InChI=1S/C11H23N3S/c1-9-8-10(2)15-11(13-9)12-6-5-7-14(3)4/h9-10H,5-8H2,1-4H3,(H,12,13). The summed E-state index contributed by atoms with van der Waals surface area (Å²) in [6.45, 7) is 6.56. The Hall–Kier alpha value is -0.220. The van der Waals surface area contributed by atoms with Crippen molar-refractivity contribution in [2.45, 2.75) is 38.0 Å². The average Bonchev–Trinajstić information content (AvgIpc) is 2.10. The molecule has 1 saturated heterocycles. The van der Waals surface area contributed by atoms with Gasteiger partial charge in [-0.1, -0.05) is 18.7 Å². The SMILES string of the molecule is CC1CC(C)SC(=NCCCN(C)C)N1.